The molecule has 2 fully saturated rings. The normalized spacial score (nSPS) is 25.9. The lowest BCUT2D eigenvalue weighted by Gasteiger charge is -2.46. The SMILES string of the molecule is CCOC(=O)C1CC2COCC(C1)N2C(=O)OCc1ccccc1. The Bertz CT molecular complexity index is 562. The number of carbonyl (C=O) groups is 2. The summed E-state index contributed by atoms with van der Waals surface area (Å²) in [6, 6.07) is 9.33. The molecule has 2 atom stereocenters. The molecule has 0 saturated carbocycles. The average Bonchev–Trinajstić information content (AvgIpc) is 2.59. The number of piperidine rings is 1. The maximum Gasteiger partial charge on any atom is 0.410 e. The van der Waals surface area contributed by atoms with E-state index in [0.29, 0.717) is 32.7 Å². The molecule has 0 radical (unpaired) electrons. The quantitative estimate of drug-likeness (QED) is 0.792. The Labute approximate surface area is 141 Å². The molecule has 2 saturated heterocycles. The second-order valence-corrected chi connectivity index (χ2v) is 6.21. The van der Waals surface area contributed by atoms with Crippen molar-refractivity contribution in [3.63, 3.8) is 0 Å². The van der Waals surface area contributed by atoms with Gasteiger partial charge in [0, 0.05) is 0 Å². The molecule has 2 unspecified atom stereocenters. The number of fused-ring (bicyclic) bond motifs is 2. The van der Waals surface area contributed by atoms with Crippen molar-refractivity contribution in [2.24, 2.45) is 5.92 Å². The molecule has 0 aliphatic carbocycles. The van der Waals surface area contributed by atoms with Crippen molar-refractivity contribution < 1.29 is 23.8 Å². The second-order valence-electron chi connectivity index (χ2n) is 6.21. The van der Waals surface area contributed by atoms with Crippen molar-refractivity contribution >= 4 is 12.1 Å². The molecule has 0 aromatic heterocycles. The first kappa shape index (κ1) is 16.8. The number of benzene rings is 1. The number of nitrogens with zero attached hydrogens (tertiary/aromatic N) is 1. The van der Waals surface area contributed by atoms with E-state index in [1.807, 2.05) is 30.3 Å². The van der Waals surface area contributed by atoms with Gasteiger partial charge in [0.2, 0.25) is 0 Å². The van der Waals surface area contributed by atoms with Crippen LogP contribution in [0.3, 0.4) is 0 Å². The van der Waals surface area contributed by atoms with Gasteiger partial charge in [0.1, 0.15) is 6.61 Å². The fourth-order valence-electron chi connectivity index (χ4n) is 3.46. The van der Waals surface area contributed by atoms with Crippen molar-refractivity contribution in [3.8, 4) is 0 Å². The maximum absolute atomic E-state index is 12.5. The van der Waals surface area contributed by atoms with Gasteiger partial charge < -0.3 is 14.2 Å². The molecule has 2 aliphatic heterocycles. The molecule has 6 nitrogen and oxygen atoms in total. The van der Waals surface area contributed by atoms with Gasteiger partial charge in [-0.25, -0.2) is 4.79 Å². The highest BCUT2D eigenvalue weighted by atomic mass is 16.6. The highest BCUT2D eigenvalue weighted by Crippen LogP contribution is 2.33. The van der Waals surface area contributed by atoms with Gasteiger partial charge in [0.25, 0.3) is 0 Å². The summed E-state index contributed by atoms with van der Waals surface area (Å²) in [6.45, 7) is 3.30. The number of esters is 1. The number of ether oxygens (including phenoxy) is 3. The maximum atomic E-state index is 12.5. The molecule has 1 aromatic carbocycles. The zero-order chi connectivity index (χ0) is 16.9. The zero-order valence-electron chi connectivity index (χ0n) is 13.8. The Morgan fingerprint density at radius 2 is 1.79 bits per heavy atom. The minimum atomic E-state index is -0.334. The number of amides is 1. The molecule has 24 heavy (non-hydrogen) atoms. The van der Waals surface area contributed by atoms with E-state index >= 15 is 0 Å². The lowest BCUT2D eigenvalue weighted by molar-refractivity contribution is -0.155. The Kier molecular flexibility index (Phi) is 5.35. The van der Waals surface area contributed by atoms with Gasteiger partial charge in [-0.2, -0.15) is 0 Å². The zero-order valence-corrected chi connectivity index (χ0v) is 13.8. The number of morpholine rings is 1. The van der Waals surface area contributed by atoms with Crippen LogP contribution in [0.15, 0.2) is 30.3 Å². The minimum Gasteiger partial charge on any atom is -0.466 e. The van der Waals surface area contributed by atoms with Crippen molar-refractivity contribution in [3.05, 3.63) is 35.9 Å². The summed E-state index contributed by atoms with van der Waals surface area (Å²) in [6.07, 6.45) is 0.797. The summed E-state index contributed by atoms with van der Waals surface area (Å²) in [4.78, 5) is 26.3. The number of carbonyl (C=O) groups excluding carboxylic acids is 2. The van der Waals surface area contributed by atoms with E-state index in [2.05, 4.69) is 0 Å². The van der Waals surface area contributed by atoms with E-state index < -0.39 is 0 Å². The third-order valence-corrected chi connectivity index (χ3v) is 4.56. The molecule has 0 spiro atoms. The summed E-state index contributed by atoms with van der Waals surface area (Å²) < 4.78 is 16.2. The van der Waals surface area contributed by atoms with Crippen molar-refractivity contribution in [2.75, 3.05) is 19.8 Å². The first-order chi connectivity index (χ1) is 11.7. The largest absolute Gasteiger partial charge is 0.466 e. The first-order valence-electron chi connectivity index (χ1n) is 8.42. The van der Waals surface area contributed by atoms with Gasteiger partial charge in [-0.05, 0) is 25.3 Å². The summed E-state index contributed by atoms with van der Waals surface area (Å²) in [5, 5.41) is 0. The van der Waals surface area contributed by atoms with Crippen LogP contribution in [-0.4, -0.2) is 48.9 Å². The predicted octanol–water partition coefficient (Wildman–Crippen LogP) is 2.37. The van der Waals surface area contributed by atoms with E-state index in [-0.39, 0.29) is 36.7 Å². The van der Waals surface area contributed by atoms with E-state index in [9.17, 15) is 9.59 Å². The molecule has 2 heterocycles. The molecule has 2 aliphatic rings. The molecule has 0 N–H and O–H groups in total. The number of hydrogen-bond acceptors (Lipinski definition) is 5. The molecule has 1 aromatic rings. The lowest BCUT2D eigenvalue weighted by Crippen LogP contribution is -2.60. The van der Waals surface area contributed by atoms with E-state index in [1.54, 1.807) is 11.8 Å². The van der Waals surface area contributed by atoms with Crippen molar-refractivity contribution in [1.29, 1.82) is 0 Å². The summed E-state index contributed by atoms with van der Waals surface area (Å²) in [5.74, 6) is -0.339. The van der Waals surface area contributed by atoms with Gasteiger partial charge in [0.15, 0.2) is 0 Å². The van der Waals surface area contributed by atoms with Crippen LogP contribution in [0.2, 0.25) is 0 Å². The predicted molar refractivity (Wildman–Crippen MR) is 86.2 cm³/mol. The van der Waals surface area contributed by atoms with Crippen LogP contribution < -0.4 is 0 Å². The van der Waals surface area contributed by atoms with E-state index in [0.717, 1.165) is 5.56 Å². The van der Waals surface area contributed by atoms with Gasteiger partial charge in [0.05, 0.1) is 37.8 Å². The third kappa shape index (κ3) is 3.70. The number of rotatable bonds is 4. The van der Waals surface area contributed by atoms with E-state index in [4.69, 9.17) is 14.2 Å². The molecule has 130 valence electrons. The second kappa shape index (κ2) is 7.66. The van der Waals surface area contributed by atoms with Gasteiger partial charge in [-0.3, -0.25) is 9.69 Å². The topological polar surface area (TPSA) is 65.1 Å². The number of hydrogen-bond donors (Lipinski definition) is 0. The third-order valence-electron chi connectivity index (χ3n) is 4.56. The fraction of sp³-hybridized carbons (Fsp3) is 0.556. The first-order valence-corrected chi connectivity index (χ1v) is 8.42. The molecule has 6 heteroatoms. The highest BCUT2D eigenvalue weighted by molar-refractivity contribution is 5.74. The average molecular weight is 333 g/mol. The molecule has 2 bridgehead atoms. The Morgan fingerprint density at radius 3 is 2.42 bits per heavy atom. The summed E-state index contributed by atoms with van der Waals surface area (Å²) in [5.41, 5.74) is 0.952. The van der Waals surface area contributed by atoms with Crippen LogP contribution in [0.4, 0.5) is 4.79 Å². The highest BCUT2D eigenvalue weighted by Gasteiger charge is 2.44. The van der Waals surface area contributed by atoms with Crippen LogP contribution >= 0.6 is 0 Å². The lowest BCUT2D eigenvalue weighted by atomic mass is 9.85. The van der Waals surface area contributed by atoms with Crippen LogP contribution in [-0.2, 0) is 25.6 Å². The van der Waals surface area contributed by atoms with Crippen LogP contribution in [0.25, 0.3) is 0 Å². The van der Waals surface area contributed by atoms with E-state index in [1.165, 1.54) is 0 Å². The van der Waals surface area contributed by atoms with Gasteiger partial charge in [-0.15, -0.1) is 0 Å². The van der Waals surface area contributed by atoms with Crippen LogP contribution in [0, 0.1) is 5.92 Å². The summed E-state index contributed by atoms with van der Waals surface area (Å²) in [7, 11) is 0. The van der Waals surface area contributed by atoms with Crippen LogP contribution in [0.5, 0.6) is 0 Å². The molecule has 3 rings (SSSR count). The molecular formula is C18H23NO5. The van der Waals surface area contributed by atoms with Crippen LogP contribution in [0.1, 0.15) is 25.3 Å². The van der Waals surface area contributed by atoms with Gasteiger partial charge >= 0.3 is 12.1 Å². The smallest absolute Gasteiger partial charge is 0.410 e. The molecule has 1 amide bonds. The van der Waals surface area contributed by atoms with Crippen molar-refractivity contribution in [1.82, 2.24) is 4.90 Å². The standard InChI is InChI=1S/C18H23NO5/c1-2-23-17(20)14-8-15-11-22-12-16(9-14)19(15)18(21)24-10-13-6-4-3-5-7-13/h3-7,14-16H,2,8-12H2,1H3. The summed E-state index contributed by atoms with van der Waals surface area (Å²) >= 11 is 0. The monoisotopic (exact) mass is 333 g/mol. The fourth-order valence-corrected chi connectivity index (χ4v) is 3.46. The Hall–Kier alpha value is -2.08. The van der Waals surface area contributed by atoms with Crippen molar-refractivity contribution in [2.45, 2.75) is 38.5 Å². The Balaban J connectivity index is 1.61. The molecular weight excluding hydrogens is 310 g/mol. The van der Waals surface area contributed by atoms with Gasteiger partial charge in [-0.1, -0.05) is 30.3 Å². The minimum absolute atomic E-state index is 0.129. The Morgan fingerprint density at radius 1 is 1.12 bits per heavy atom.